The molecule has 1 atom stereocenters. The van der Waals surface area contributed by atoms with E-state index >= 15 is 0 Å². The molecule has 3 heterocycles. The molecule has 0 aliphatic rings. The molecule has 2 N–H and O–H groups in total. The van der Waals surface area contributed by atoms with E-state index in [-0.39, 0.29) is 24.1 Å². The highest BCUT2D eigenvalue weighted by Crippen LogP contribution is 2.28. The fourth-order valence-electron chi connectivity index (χ4n) is 3.95. The summed E-state index contributed by atoms with van der Waals surface area (Å²) < 4.78 is 15.3. The van der Waals surface area contributed by atoms with Gasteiger partial charge in [0.1, 0.15) is 4.60 Å². The van der Waals surface area contributed by atoms with Gasteiger partial charge in [-0.25, -0.2) is 9.97 Å². The maximum Gasteiger partial charge on any atom is 0.261 e. The number of pyridine rings is 1. The Labute approximate surface area is 213 Å². The number of aromatic amines is 1. The van der Waals surface area contributed by atoms with Gasteiger partial charge >= 0.3 is 0 Å². The van der Waals surface area contributed by atoms with E-state index in [2.05, 4.69) is 41.4 Å². The largest absolute Gasteiger partial charge is 0.348 e. The van der Waals surface area contributed by atoms with Gasteiger partial charge in [0.15, 0.2) is 0 Å². The van der Waals surface area contributed by atoms with Gasteiger partial charge in [0.05, 0.1) is 29.5 Å². The zero-order valence-electron chi connectivity index (χ0n) is 19.1. The second-order valence-corrected chi connectivity index (χ2v) is 9.05. The molecule has 0 saturated heterocycles. The van der Waals surface area contributed by atoms with Crippen LogP contribution in [-0.4, -0.2) is 30.6 Å². The van der Waals surface area contributed by atoms with E-state index in [1.165, 1.54) is 18.6 Å². The van der Waals surface area contributed by atoms with Crippen LogP contribution in [0.1, 0.15) is 34.5 Å². The molecular weight excluding hydrogens is 527 g/mol. The summed E-state index contributed by atoms with van der Waals surface area (Å²) in [4.78, 5) is 34.1. The van der Waals surface area contributed by atoms with Gasteiger partial charge < -0.3 is 5.32 Å². The fourth-order valence-corrected chi connectivity index (χ4v) is 4.38. The molecule has 0 aliphatic carbocycles. The van der Waals surface area contributed by atoms with Gasteiger partial charge in [0, 0.05) is 23.9 Å². The van der Waals surface area contributed by atoms with Gasteiger partial charge in [-0.15, -0.1) is 0 Å². The van der Waals surface area contributed by atoms with E-state index in [0.717, 1.165) is 21.3 Å². The molecule has 0 spiro atoms. The number of rotatable bonds is 6. The van der Waals surface area contributed by atoms with Crippen LogP contribution in [0.2, 0.25) is 0 Å². The topological polar surface area (TPSA) is 106 Å². The molecule has 0 unspecified atom stereocenters. The number of nitrogens with one attached hydrogen (secondary N) is 2. The molecule has 0 aliphatic heterocycles. The molecule has 8 nitrogen and oxygen atoms in total. The van der Waals surface area contributed by atoms with Gasteiger partial charge in [-0.2, -0.15) is 9.49 Å². The van der Waals surface area contributed by atoms with Gasteiger partial charge in [-0.05, 0) is 69.9 Å². The number of H-pyrrole nitrogens is 1. The van der Waals surface area contributed by atoms with E-state index in [9.17, 15) is 14.0 Å². The summed E-state index contributed by atoms with van der Waals surface area (Å²) in [7, 11) is 0. The SMILES string of the molecule is C[C@H](c1cccc(C(=O)NCc2ccc(F)nc2)c1)n1cnc2cc(-c3cn[nH]c3Br)ccc2c1=O. The van der Waals surface area contributed by atoms with Crippen LogP contribution in [0.5, 0.6) is 0 Å². The number of fused-ring (bicyclic) bond motifs is 1. The summed E-state index contributed by atoms with van der Waals surface area (Å²) >= 11 is 3.43. The minimum atomic E-state index is -0.573. The predicted molar refractivity (Wildman–Crippen MR) is 137 cm³/mol. The third kappa shape index (κ3) is 4.67. The first-order valence-corrected chi connectivity index (χ1v) is 11.9. The molecule has 0 saturated carbocycles. The molecule has 0 radical (unpaired) electrons. The molecule has 5 aromatic rings. The second kappa shape index (κ2) is 9.82. The maximum absolute atomic E-state index is 13.3. The zero-order chi connectivity index (χ0) is 25.2. The summed E-state index contributed by atoms with van der Waals surface area (Å²) in [6, 6.07) is 15.0. The quantitative estimate of drug-likeness (QED) is 0.302. The number of carbonyl (C=O) groups is 1. The minimum absolute atomic E-state index is 0.177. The molecule has 10 heteroatoms. The Morgan fingerprint density at radius 3 is 2.75 bits per heavy atom. The number of amides is 1. The van der Waals surface area contributed by atoms with Crippen molar-refractivity contribution in [3.8, 4) is 11.1 Å². The maximum atomic E-state index is 13.3. The Morgan fingerprint density at radius 1 is 1.14 bits per heavy atom. The molecule has 0 fully saturated rings. The number of halogens is 2. The third-order valence-electron chi connectivity index (χ3n) is 5.98. The number of hydrogen-bond donors (Lipinski definition) is 2. The van der Waals surface area contributed by atoms with Crippen molar-refractivity contribution in [3.63, 3.8) is 0 Å². The van der Waals surface area contributed by atoms with Crippen LogP contribution < -0.4 is 10.9 Å². The lowest BCUT2D eigenvalue weighted by Crippen LogP contribution is -2.25. The first-order valence-electron chi connectivity index (χ1n) is 11.1. The molecular formula is C26H20BrFN6O2. The van der Waals surface area contributed by atoms with Crippen LogP contribution in [0.3, 0.4) is 0 Å². The van der Waals surface area contributed by atoms with Crippen molar-refractivity contribution >= 4 is 32.7 Å². The minimum Gasteiger partial charge on any atom is -0.348 e. The summed E-state index contributed by atoms with van der Waals surface area (Å²) in [5, 5.41) is 10.1. The Morgan fingerprint density at radius 2 is 2.00 bits per heavy atom. The monoisotopic (exact) mass is 546 g/mol. The normalized spacial score (nSPS) is 12.0. The Kier molecular flexibility index (Phi) is 6.43. The van der Waals surface area contributed by atoms with E-state index in [1.54, 1.807) is 41.1 Å². The molecule has 5 rings (SSSR count). The molecule has 180 valence electrons. The average molecular weight is 547 g/mol. The summed E-state index contributed by atoms with van der Waals surface area (Å²) in [6.45, 7) is 2.10. The summed E-state index contributed by atoms with van der Waals surface area (Å²) in [6.07, 6.45) is 4.61. The van der Waals surface area contributed by atoms with E-state index < -0.39 is 5.95 Å². The lowest BCUT2D eigenvalue weighted by atomic mass is 10.0. The Balaban J connectivity index is 1.38. The third-order valence-corrected chi connectivity index (χ3v) is 6.58. The van der Waals surface area contributed by atoms with Gasteiger partial charge in [0.2, 0.25) is 5.95 Å². The Hall–Kier alpha value is -4.18. The van der Waals surface area contributed by atoms with Crippen LogP contribution in [0.15, 0.2) is 82.7 Å². The smallest absolute Gasteiger partial charge is 0.261 e. The van der Waals surface area contributed by atoms with E-state index in [0.29, 0.717) is 22.0 Å². The molecule has 1 amide bonds. The first-order chi connectivity index (χ1) is 17.4. The van der Waals surface area contributed by atoms with Crippen molar-refractivity contribution in [3.05, 3.63) is 111 Å². The zero-order valence-corrected chi connectivity index (χ0v) is 20.7. The van der Waals surface area contributed by atoms with Crippen molar-refractivity contribution in [1.29, 1.82) is 0 Å². The Bertz CT molecular complexity index is 1630. The molecule has 0 bridgehead atoms. The molecule has 2 aromatic carbocycles. The van der Waals surface area contributed by atoms with Crippen LogP contribution in [0.25, 0.3) is 22.0 Å². The lowest BCUT2D eigenvalue weighted by Gasteiger charge is -2.17. The number of carbonyl (C=O) groups excluding carboxylic acids is 1. The second-order valence-electron chi connectivity index (χ2n) is 8.26. The summed E-state index contributed by atoms with van der Waals surface area (Å²) in [5.41, 5.74) is 4.09. The van der Waals surface area contributed by atoms with Crippen molar-refractivity contribution < 1.29 is 9.18 Å². The van der Waals surface area contributed by atoms with Crippen molar-refractivity contribution in [1.82, 2.24) is 30.0 Å². The van der Waals surface area contributed by atoms with E-state index in [4.69, 9.17) is 0 Å². The van der Waals surface area contributed by atoms with Gasteiger partial charge in [0.25, 0.3) is 11.5 Å². The molecule has 3 aromatic heterocycles. The van der Waals surface area contributed by atoms with Crippen LogP contribution in [-0.2, 0) is 6.54 Å². The van der Waals surface area contributed by atoms with Crippen LogP contribution >= 0.6 is 15.9 Å². The van der Waals surface area contributed by atoms with Crippen LogP contribution in [0, 0.1) is 5.95 Å². The highest BCUT2D eigenvalue weighted by atomic mass is 79.9. The molecule has 36 heavy (non-hydrogen) atoms. The van der Waals surface area contributed by atoms with Crippen LogP contribution in [0.4, 0.5) is 4.39 Å². The standard InChI is InChI=1S/C26H20BrFN6O2/c1-15(17-3-2-4-19(9-17)25(35)30-12-16-5-8-23(28)29-11-16)34-14-31-22-10-18(6-7-20(22)26(34)36)21-13-32-33-24(21)27/h2-11,13-15H,12H2,1H3,(H,30,35)(H,32,33)/t15-/m1/s1. The van der Waals surface area contributed by atoms with E-state index in [1.807, 2.05) is 25.1 Å². The number of aromatic nitrogens is 5. The van der Waals surface area contributed by atoms with Crippen molar-refractivity contribution in [2.24, 2.45) is 0 Å². The highest BCUT2D eigenvalue weighted by Gasteiger charge is 2.15. The predicted octanol–water partition coefficient (Wildman–Crippen LogP) is 4.62. The van der Waals surface area contributed by atoms with Gasteiger partial charge in [-0.3, -0.25) is 19.3 Å². The summed E-state index contributed by atoms with van der Waals surface area (Å²) in [5.74, 6) is -0.855. The number of hydrogen-bond acceptors (Lipinski definition) is 5. The average Bonchev–Trinajstić information content (AvgIpc) is 3.33. The fraction of sp³-hybridized carbons (Fsp3) is 0.115. The van der Waals surface area contributed by atoms with Crippen molar-refractivity contribution in [2.75, 3.05) is 0 Å². The number of nitrogens with zero attached hydrogens (tertiary/aromatic N) is 4. The van der Waals surface area contributed by atoms with Crippen molar-refractivity contribution in [2.45, 2.75) is 19.5 Å². The first kappa shape index (κ1) is 23.6. The highest BCUT2D eigenvalue weighted by molar-refractivity contribution is 9.10. The number of benzene rings is 2. The lowest BCUT2D eigenvalue weighted by molar-refractivity contribution is 0.0950. The van der Waals surface area contributed by atoms with Gasteiger partial charge in [-0.1, -0.05) is 24.3 Å².